The lowest BCUT2D eigenvalue weighted by atomic mass is 9.80. The second kappa shape index (κ2) is 32.5. The zero-order valence-corrected chi connectivity index (χ0v) is 50.0. The number of ether oxygens (including phenoxy) is 3. The van der Waals surface area contributed by atoms with Crippen LogP contribution in [0, 0.1) is 11.3 Å². The Morgan fingerprint density at radius 3 is 1.25 bits per heavy atom. The number of methoxy groups -OCH3 is 2. The molecule has 14 nitrogen and oxygen atoms in total. The number of hydrogen-bond donors (Lipinski definition) is 3. The molecule has 0 heterocycles. The van der Waals surface area contributed by atoms with E-state index in [0.717, 1.165) is 33.4 Å². The standard InChI is InChI=1S/C67H76N5O9PS/c1-50(2)72(51(3)4)82(79-44-19-39-68)80-45-21-41-70-64(74)53-47-52(63(73)69-40-20-43-78-66(55-23-11-7-12-24-55,56-31-35-61(76-5)36-32-56)57-33-37-62(77-6)38-34-57)48-54(49-53)65(75)71-42-22-46-81-83-67(58-25-13-8-14-26-58,59-27-15-9-16-28-59)60-29-17-10-18-30-60/h7-18,23-38,47-51H,19-22,40-46H2,1-6H3,(H,69,73)(H,70,74)(H,71,75). The maximum absolute atomic E-state index is 14.2. The molecule has 0 aliphatic heterocycles. The van der Waals surface area contributed by atoms with Crippen LogP contribution in [-0.4, -0.2) is 94.8 Å². The lowest BCUT2D eigenvalue weighted by Crippen LogP contribution is -2.34. The van der Waals surface area contributed by atoms with E-state index in [1.165, 1.54) is 30.2 Å². The summed E-state index contributed by atoms with van der Waals surface area (Å²) in [5.74, 6) is 0.0428. The van der Waals surface area contributed by atoms with Crippen LogP contribution >= 0.6 is 20.6 Å². The number of hydrogen-bond acceptors (Lipinski definition) is 12. The minimum Gasteiger partial charge on any atom is -0.497 e. The van der Waals surface area contributed by atoms with E-state index < -0.39 is 36.6 Å². The van der Waals surface area contributed by atoms with Gasteiger partial charge in [-0.3, -0.25) is 14.4 Å². The first-order valence-electron chi connectivity index (χ1n) is 28.1. The van der Waals surface area contributed by atoms with Crippen LogP contribution in [0.1, 0.15) is 118 Å². The highest BCUT2D eigenvalue weighted by molar-refractivity contribution is 7.96. The molecule has 0 saturated heterocycles. The Bertz CT molecular complexity index is 2980. The zero-order valence-electron chi connectivity index (χ0n) is 48.3. The lowest BCUT2D eigenvalue weighted by Gasteiger charge is -2.36. The number of benzene rings is 7. The predicted molar refractivity (Wildman–Crippen MR) is 329 cm³/mol. The van der Waals surface area contributed by atoms with Crippen LogP contribution in [0.3, 0.4) is 0 Å². The molecule has 7 aromatic carbocycles. The fourth-order valence-corrected chi connectivity index (χ4v) is 12.5. The van der Waals surface area contributed by atoms with Crippen LogP contribution in [0.25, 0.3) is 0 Å². The number of carbonyl (C=O) groups is 3. The van der Waals surface area contributed by atoms with Crippen LogP contribution in [-0.2, 0) is 28.3 Å². The van der Waals surface area contributed by atoms with Crippen molar-refractivity contribution < 1.29 is 41.8 Å². The monoisotopic (exact) mass is 1160 g/mol. The Hall–Kier alpha value is -7.38. The number of nitrogens with zero attached hydrogens (tertiary/aromatic N) is 2. The van der Waals surface area contributed by atoms with Gasteiger partial charge < -0.3 is 43.4 Å². The third kappa shape index (κ3) is 16.9. The van der Waals surface area contributed by atoms with E-state index in [2.05, 4.69) is 90.8 Å². The largest absolute Gasteiger partial charge is 0.497 e. The number of amides is 3. The molecule has 0 saturated carbocycles. The summed E-state index contributed by atoms with van der Waals surface area (Å²) < 4.78 is 38.2. The van der Waals surface area contributed by atoms with Gasteiger partial charge in [-0.05, 0) is 123 Å². The molecular weight excluding hydrogens is 1080 g/mol. The van der Waals surface area contributed by atoms with E-state index in [1.807, 2.05) is 133 Å². The second-order valence-electron chi connectivity index (χ2n) is 20.0. The van der Waals surface area contributed by atoms with Crippen molar-refractivity contribution in [2.45, 2.75) is 75.8 Å². The van der Waals surface area contributed by atoms with Gasteiger partial charge in [0.15, 0.2) is 0 Å². The van der Waals surface area contributed by atoms with Gasteiger partial charge in [-0.25, -0.2) is 4.67 Å². The van der Waals surface area contributed by atoms with Crippen molar-refractivity contribution in [3.05, 3.63) is 238 Å². The highest BCUT2D eigenvalue weighted by atomic mass is 32.2. The van der Waals surface area contributed by atoms with Crippen molar-refractivity contribution in [1.29, 1.82) is 5.26 Å². The molecule has 83 heavy (non-hydrogen) atoms. The fraction of sp³-hybridized carbons (Fsp3) is 0.313. The van der Waals surface area contributed by atoms with Gasteiger partial charge in [-0.1, -0.05) is 146 Å². The molecule has 0 fully saturated rings. The molecule has 3 N–H and O–H groups in total. The van der Waals surface area contributed by atoms with Crippen LogP contribution < -0.4 is 25.4 Å². The molecule has 0 aromatic heterocycles. The molecule has 434 valence electrons. The first kappa shape index (κ1) is 63.2. The van der Waals surface area contributed by atoms with Gasteiger partial charge in [0.25, 0.3) is 26.2 Å². The molecular formula is C67H76N5O9PS. The fourth-order valence-electron chi connectivity index (χ4n) is 9.76. The maximum atomic E-state index is 14.2. The molecule has 1 atom stereocenters. The second-order valence-corrected chi connectivity index (χ2v) is 22.5. The van der Waals surface area contributed by atoms with Gasteiger partial charge in [0, 0.05) is 60.5 Å². The average molecular weight is 1160 g/mol. The Morgan fingerprint density at radius 1 is 0.506 bits per heavy atom. The van der Waals surface area contributed by atoms with Crippen LogP contribution in [0.4, 0.5) is 0 Å². The number of nitriles is 1. The van der Waals surface area contributed by atoms with E-state index in [-0.39, 0.29) is 74.6 Å². The van der Waals surface area contributed by atoms with Crippen molar-refractivity contribution in [3.8, 4) is 17.6 Å². The van der Waals surface area contributed by atoms with E-state index in [1.54, 1.807) is 14.2 Å². The molecule has 0 radical (unpaired) electrons. The van der Waals surface area contributed by atoms with Crippen LogP contribution in [0.2, 0.25) is 0 Å². The van der Waals surface area contributed by atoms with Crippen molar-refractivity contribution in [2.24, 2.45) is 0 Å². The number of nitrogens with one attached hydrogen (secondary N) is 3. The highest BCUT2D eigenvalue weighted by Gasteiger charge is 2.39. The van der Waals surface area contributed by atoms with Crippen molar-refractivity contribution in [1.82, 2.24) is 20.6 Å². The van der Waals surface area contributed by atoms with E-state index in [9.17, 15) is 14.4 Å². The molecule has 0 spiro atoms. The summed E-state index contributed by atoms with van der Waals surface area (Å²) in [5.41, 5.74) is 5.25. The first-order chi connectivity index (χ1) is 40.4. The van der Waals surface area contributed by atoms with Crippen LogP contribution in [0.15, 0.2) is 188 Å². The van der Waals surface area contributed by atoms with E-state index in [4.69, 9.17) is 32.7 Å². The van der Waals surface area contributed by atoms with Crippen molar-refractivity contribution in [2.75, 3.05) is 60.3 Å². The normalized spacial score (nSPS) is 12.0. The highest BCUT2D eigenvalue weighted by Crippen LogP contribution is 2.49. The Balaban J connectivity index is 1.04. The Morgan fingerprint density at radius 2 is 0.867 bits per heavy atom. The molecule has 0 aliphatic carbocycles. The average Bonchev–Trinajstić information content (AvgIpc) is 3.57. The number of rotatable bonds is 33. The van der Waals surface area contributed by atoms with Gasteiger partial charge in [-0.15, -0.1) is 0 Å². The third-order valence-electron chi connectivity index (χ3n) is 13.7. The van der Waals surface area contributed by atoms with Gasteiger partial charge in [0.05, 0.1) is 53.1 Å². The molecule has 7 aromatic rings. The minimum atomic E-state index is -1.45. The lowest BCUT2D eigenvalue weighted by molar-refractivity contribution is 0.0117. The summed E-state index contributed by atoms with van der Waals surface area (Å²) in [5, 5.41) is 18.1. The Labute approximate surface area is 495 Å². The first-order valence-corrected chi connectivity index (χ1v) is 30.0. The third-order valence-corrected chi connectivity index (χ3v) is 17.1. The molecule has 16 heteroatoms. The summed E-state index contributed by atoms with van der Waals surface area (Å²) in [4.78, 5) is 42.2. The van der Waals surface area contributed by atoms with Gasteiger partial charge in [-0.2, -0.15) is 5.26 Å². The quantitative estimate of drug-likeness (QED) is 0.0154. The van der Waals surface area contributed by atoms with Crippen LogP contribution in [0.5, 0.6) is 11.5 Å². The maximum Gasteiger partial charge on any atom is 0.259 e. The summed E-state index contributed by atoms with van der Waals surface area (Å²) in [7, 11) is 1.80. The van der Waals surface area contributed by atoms with Gasteiger partial charge in [0.1, 0.15) is 21.8 Å². The number of carbonyl (C=O) groups excluding carboxylic acids is 3. The SMILES string of the molecule is COc1ccc(C(OCCCNC(=O)c2cc(C(=O)NCCCOSC(c3ccccc3)(c3ccccc3)c3ccccc3)cc(C(=O)NCCCOP(OCCC#N)N(C(C)C)C(C)C)c2)(c2ccccc2)c2ccc(OC)cc2)cc1. The topological polar surface area (TPSA) is 170 Å². The molecule has 3 amide bonds. The van der Waals surface area contributed by atoms with Gasteiger partial charge in [0.2, 0.25) is 0 Å². The summed E-state index contributed by atoms with van der Waals surface area (Å²) >= 11 is 1.38. The van der Waals surface area contributed by atoms with E-state index >= 15 is 0 Å². The molecule has 0 bridgehead atoms. The van der Waals surface area contributed by atoms with Crippen molar-refractivity contribution >= 4 is 38.3 Å². The smallest absolute Gasteiger partial charge is 0.259 e. The molecule has 1 unspecified atom stereocenters. The molecule has 0 aliphatic rings. The summed E-state index contributed by atoms with van der Waals surface area (Å²) in [6.45, 7) is 10.1. The Kier molecular flexibility index (Phi) is 24.7. The van der Waals surface area contributed by atoms with Gasteiger partial charge >= 0.3 is 0 Å². The van der Waals surface area contributed by atoms with Crippen molar-refractivity contribution in [3.63, 3.8) is 0 Å². The summed E-state index contributed by atoms with van der Waals surface area (Å²) in [6.07, 6.45) is 1.60. The predicted octanol–water partition coefficient (Wildman–Crippen LogP) is 13.0. The summed E-state index contributed by atoms with van der Waals surface area (Å²) in [6, 6.07) is 63.3. The van der Waals surface area contributed by atoms with E-state index in [0.29, 0.717) is 37.4 Å². The minimum absolute atomic E-state index is 0.138. The zero-order chi connectivity index (χ0) is 58.9. The molecule has 7 rings (SSSR count).